The van der Waals surface area contributed by atoms with Gasteiger partial charge in [0.1, 0.15) is 11.9 Å². The Morgan fingerprint density at radius 1 is 0.971 bits per heavy atom. The molecule has 1 heterocycles. The van der Waals surface area contributed by atoms with Crippen LogP contribution in [0.2, 0.25) is 0 Å². The summed E-state index contributed by atoms with van der Waals surface area (Å²) in [4.78, 5) is 26.5. The maximum absolute atomic E-state index is 13.6. The molecule has 8 atom stereocenters. The van der Waals surface area contributed by atoms with Crippen LogP contribution in [-0.2, 0) is 14.3 Å². The summed E-state index contributed by atoms with van der Waals surface area (Å²) in [6.07, 6.45) is 6.52. The lowest BCUT2D eigenvalue weighted by atomic mass is 9.36. The highest BCUT2D eigenvalue weighted by molar-refractivity contribution is 6.00. The quantitative estimate of drug-likeness (QED) is 0.508. The molecule has 3 saturated carbocycles. The molecular formula is C30H46O4. The van der Waals surface area contributed by atoms with E-state index in [9.17, 15) is 14.7 Å². The Hall–Kier alpha value is -1.00. The maximum Gasteiger partial charge on any atom is 0.159 e. The normalized spacial score (nSPS) is 46.4. The summed E-state index contributed by atoms with van der Waals surface area (Å²) in [5.74, 6) is 1.77. The third-order valence-corrected chi connectivity index (χ3v) is 12.0. The Labute approximate surface area is 206 Å². The molecule has 5 aliphatic rings. The first kappa shape index (κ1) is 24.7. The van der Waals surface area contributed by atoms with E-state index < -0.39 is 6.10 Å². The topological polar surface area (TPSA) is 66.9 Å². The van der Waals surface area contributed by atoms with E-state index in [0.29, 0.717) is 42.7 Å². The van der Waals surface area contributed by atoms with Crippen LogP contribution in [0.4, 0.5) is 0 Å². The molecule has 0 bridgehead atoms. The molecular weight excluding hydrogens is 424 g/mol. The standard InChI is InChI=1S/C30H46O4/c1-17(15-19(31)25-27(4,5)34-25)24-18-9-10-22-28(6)13-12-23(33)26(2,3)21(28)11-14-29(22,7)30(18,8)16-20(24)32/h17,19,21-22,25,31H,9-16H2,1-8H3/t17-,19-,21+,22-,25-,28-,29+,30+/m1/s1. The molecule has 0 radical (unpaired) electrons. The van der Waals surface area contributed by atoms with E-state index in [1.54, 1.807) is 0 Å². The number of aliphatic hydroxyl groups is 1. The third-order valence-electron chi connectivity index (χ3n) is 12.0. The molecule has 0 amide bonds. The minimum Gasteiger partial charge on any atom is -0.390 e. The number of fused-ring (bicyclic) bond motifs is 5. The molecule has 0 unspecified atom stereocenters. The molecule has 0 aromatic carbocycles. The fourth-order valence-electron chi connectivity index (χ4n) is 9.91. The van der Waals surface area contributed by atoms with Gasteiger partial charge in [0.05, 0.1) is 11.7 Å². The van der Waals surface area contributed by atoms with Crippen LogP contribution in [0.3, 0.4) is 0 Å². The van der Waals surface area contributed by atoms with E-state index in [0.717, 1.165) is 37.7 Å². The number of hydrogen-bond donors (Lipinski definition) is 1. The smallest absolute Gasteiger partial charge is 0.159 e. The molecule has 0 spiro atoms. The van der Waals surface area contributed by atoms with Gasteiger partial charge >= 0.3 is 0 Å². The van der Waals surface area contributed by atoms with Crippen molar-refractivity contribution in [2.24, 2.45) is 39.4 Å². The first-order chi connectivity index (χ1) is 15.6. The monoisotopic (exact) mass is 470 g/mol. The van der Waals surface area contributed by atoms with Crippen molar-refractivity contribution >= 4 is 11.6 Å². The summed E-state index contributed by atoms with van der Waals surface area (Å²) >= 11 is 0. The van der Waals surface area contributed by atoms with Crippen molar-refractivity contribution in [3.63, 3.8) is 0 Å². The fourth-order valence-corrected chi connectivity index (χ4v) is 9.91. The Bertz CT molecular complexity index is 959. The molecule has 0 aromatic heterocycles. The Morgan fingerprint density at radius 2 is 1.62 bits per heavy atom. The van der Waals surface area contributed by atoms with Gasteiger partial charge in [-0.15, -0.1) is 0 Å². The van der Waals surface area contributed by atoms with Crippen LogP contribution in [-0.4, -0.2) is 34.5 Å². The van der Waals surface area contributed by atoms with Crippen LogP contribution in [0.1, 0.15) is 107 Å². The minimum atomic E-state index is -0.527. The zero-order valence-corrected chi connectivity index (χ0v) is 22.7. The number of hydrogen-bond acceptors (Lipinski definition) is 4. The van der Waals surface area contributed by atoms with Gasteiger partial charge in [0.2, 0.25) is 0 Å². The van der Waals surface area contributed by atoms with Crippen molar-refractivity contribution in [2.45, 2.75) is 125 Å². The minimum absolute atomic E-state index is 0.0534. The first-order valence-corrected chi connectivity index (χ1v) is 13.8. The molecule has 190 valence electrons. The molecule has 4 heteroatoms. The van der Waals surface area contributed by atoms with Crippen LogP contribution >= 0.6 is 0 Å². The van der Waals surface area contributed by atoms with Gasteiger partial charge in [0.15, 0.2) is 5.78 Å². The zero-order valence-electron chi connectivity index (χ0n) is 22.7. The molecule has 4 fully saturated rings. The Morgan fingerprint density at radius 3 is 2.24 bits per heavy atom. The Kier molecular flexibility index (Phi) is 5.28. The van der Waals surface area contributed by atoms with Gasteiger partial charge in [0, 0.05) is 23.7 Å². The average molecular weight is 471 g/mol. The average Bonchev–Trinajstić information content (AvgIpc) is 3.26. The van der Waals surface area contributed by atoms with Gasteiger partial charge in [0.25, 0.3) is 0 Å². The molecule has 4 aliphatic carbocycles. The SMILES string of the molecule is C[C@H](C[C@@H](O)[C@H]1OC1(C)C)C1=C2CC[C@@H]3[C@]4(C)CCC(=O)C(C)(C)[C@@H]4CC[C@]3(C)[C@@]2(C)CC1=O. The lowest BCUT2D eigenvalue weighted by Gasteiger charge is -2.67. The van der Waals surface area contributed by atoms with Crippen molar-refractivity contribution < 1.29 is 19.4 Å². The molecule has 34 heavy (non-hydrogen) atoms. The van der Waals surface area contributed by atoms with Crippen LogP contribution in [0, 0.1) is 39.4 Å². The second-order valence-electron chi connectivity index (χ2n) is 14.4. The second kappa shape index (κ2) is 7.28. The van der Waals surface area contributed by atoms with Gasteiger partial charge in [-0.2, -0.15) is 0 Å². The van der Waals surface area contributed by atoms with E-state index in [1.807, 2.05) is 13.8 Å². The van der Waals surface area contributed by atoms with Gasteiger partial charge in [-0.1, -0.05) is 47.1 Å². The van der Waals surface area contributed by atoms with Crippen molar-refractivity contribution in [1.82, 2.24) is 0 Å². The molecule has 1 aliphatic heterocycles. The number of rotatable bonds is 4. The van der Waals surface area contributed by atoms with Crippen LogP contribution in [0.5, 0.6) is 0 Å². The molecule has 4 nitrogen and oxygen atoms in total. The van der Waals surface area contributed by atoms with Crippen molar-refractivity contribution in [3.8, 4) is 0 Å². The van der Waals surface area contributed by atoms with E-state index in [4.69, 9.17) is 4.74 Å². The Balaban J connectivity index is 1.47. The third kappa shape index (κ3) is 3.09. The van der Waals surface area contributed by atoms with Crippen LogP contribution in [0.25, 0.3) is 0 Å². The number of allylic oxidation sites excluding steroid dienone is 2. The summed E-state index contributed by atoms with van der Waals surface area (Å²) < 4.78 is 5.68. The zero-order chi connectivity index (χ0) is 25.1. The fraction of sp³-hybridized carbons (Fsp3) is 0.867. The molecule has 0 aromatic rings. The van der Waals surface area contributed by atoms with Crippen LogP contribution in [0.15, 0.2) is 11.1 Å². The summed E-state index contributed by atoms with van der Waals surface area (Å²) in [5.41, 5.74) is 2.02. The van der Waals surface area contributed by atoms with Crippen molar-refractivity contribution in [3.05, 3.63) is 11.1 Å². The number of carbonyl (C=O) groups is 2. The second-order valence-corrected chi connectivity index (χ2v) is 14.4. The highest BCUT2D eigenvalue weighted by atomic mass is 16.6. The number of carbonyl (C=O) groups excluding carboxylic acids is 2. The van der Waals surface area contributed by atoms with Gasteiger partial charge < -0.3 is 9.84 Å². The number of epoxide rings is 1. The summed E-state index contributed by atoms with van der Waals surface area (Å²) in [6.45, 7) is 17.9. The number of ether oxygens (including phenoxy) is 1. The summed E-state index contributed by atoms with van der Waals surface area (Å²) in [7, 11) is 0. The largest absolute Gasteiger partial charge is 0.390 e. The number of ketones is 2. The molecule has 1 N–H and O–H groups in total. The summed E-state index contributed by atoms with van der Waals surface area (Å²) in [5, 5.41) is 10.8. The lowest BCUT2D eigenvalue weighted by molar-refractivity contribution is -0.180. The number of aliphatic hydroxyl groups excluding tert-OH is 1. The van der Waals surface area contributed by atoms with Crippen LogP contribution < -0.4 is 0 Å². The molecule has 5 rings (SSSR count). The summed E-state index contributed by atoms with van der Waals surface area (Å²) in [6, 6.07) is 0. The van der Waals surface area contributed by atoms with Gasteiger partial charge in [-0.25, -0.2) is 0 Å². The van der Waals surface area contributed by atoms with Gasteiger partial charge in [-0.05, 0) is 86.5 Å². The van der Waals surface area contributed by atoms with E-state index in [1.165, 1.54) is 5.57 Å². The predicted octanol–water partition coefficient (Wildman–Crippen LogP) is 6.05. The highest BCUT2D eigenvalue weighted by Crippen LogP contribution is 2.73. The number of Topliss-reactive ketones (excluding diaryl/α,β-unsaturated/α-hetero) is 2. The first-order valence-electron chi connectivity index (χ1n) is 13.8. The maximum atomic E-state index is 13.6. The lowest BCUT2D eigenvalue weighted by Crippen LogP contribution is -2.62. The van der Waals surface area contributed by atoms with Gasteiger partial charge in [-0.3, -0.25) is 9.59 Å². The molecule has 1 saturated heterocycles. The van der Waals surface area contributed by atoms with E-state index in [-0.39, 0.29) is 39.3 Å². The van der Waals surface area contributed by atoms with E-state index >= 15 is 0 Å². The highest BCUT2D eigenvalue weighted by Gasteiger charge is 2.67. The van der Waals surface area contributed by atoms with Crippen molar-refractivity contribution in [2.75, 3.05) is 0 Å². The van der Waals surface area contributed by atoms with Crippen molar-refractivity contribution in [1.29, 1.82) is 0 Å². The predicted molar refractivity (Wildman–Crippen MR) is 133 cm³/mol. The van der Waals surface area contributed by atoms with E-state index in [2.05, 4.69) is 41.5 Å².